The monoisotopic (exact) mass is 596 g/mol. The minimum absolute atomic E-state index is 0.654. The van der Waals surface area contributed by atoms with E-state index in [1.807, 2.05) is 38.1 Å². The van der Waals surface area contributed by atoms with E-state index >= 15 is 0 Å². The molecule has 0 saturated heterocycles. The highest BCUT2D eigenvalue weighted by atomic mass is 15.1. The van der Waals surface area contributed by atoms with Gasteiger partial charge in [-0.1, -0.05) is 104 Å². The molecule has 6 aromatic rings. The Morgan fingerprint density at radius 2 is 0.696 bits per heavy atom. The molecular formula is C42H36N4. The van der Waals surface area contributed by atoms with E-state index in [1.165, 1.54) is 0 Å². The highest BCUT2D eigenvalue weighted by molar-refractivity contribution is 6.06. The van der Waals surface area contributed by atoms with Gasteiger partial charge in [0.25, 0.3) is 0 Å². The van der Waals surface area contributed by atoms with Crippen LogP contribution < -0.4 is 9.80 Å². The molecule has 6 rings (SSSR count). The van der Waals surface area contributed by atoms with Crippen molar-refractivity contribution < 1.29 is 0 Å². The number of benzene rings is 6. The zero-order valence-electron chi connectivity index (χ0n) is 26.2. The molecule has 0 aliphatic heterocycles. The number of nitrogens with zero attached hydrogens (tertiary/aromatic N) is 4. The number of rotatable bonds is 9. The van der Waals surface area contributed by atoms with Crippen molar-refractivity contribution in [2.45, 2.75) is 13.8 Å². The molecule has 0 aliphatic carbocycles. The van der Waals surface area contributed by atoms with Crippen LogP contribution in [0.15, 0.2) is 186 Å². The lowest BCUT2D eigenvalue weighted by Crippen LogP contribution is -2.10. The van der Waals surface area contributed by atoms with Crippen molar-refractivity contribution in [1.82, 2.24) is 0 Å². The van der Waals surface area contributed by atoms with Gasteiger partial charge in [0.15, 0.2) is 0 Å². The van der Waals surface area contributed by atoms with E-state index in [9.17, 15) is 0 Å². The van der Waals surface area contributed by atoms with E-state index in [1.54, 1.807) is 0 Å². The Hall–Kier alpha value is -6.00. The molecule has 0 aromatic heterocycles. The van der Waals surface area contributed by atoms with Gasteiger partial charge in [-0.25, -0.2) is 9.98 Å². The molecule has 0 bridgehead atoms. The van der Waals surface area contributed by atoms with Crippen LogP contribution in [0.2, 0.25) is 0 Å². The summed E-state index contributed by atoms with van der Waals surface area (Å²) in [5, 5.41) is 0. The Labute approximate surface area is 272 Å². The van der Waals surface area contributed by atoms with Gasteiger partial charge in [-0.3, -0.25) is 0 Å². The van der Waals surface area contributed by atoms with Crippen molar-refractivity contribution >= 4 is 51.4 Å². The molecule has 46 heavy (non-hydrogen) atoms. The molecule has 6 aromatic carbocycles. The largest absolute Gasteiger partial charge is 0.311 e. The lowest BCUT2D eigenvalue weighted by molar-refractivity contribution is 1.28. The first-order valence-electron chi connectivity index (χ1n) is 15.4. The Kier molecular flexibility index (Phi) is 9.27. The van der Waals surface area contributed by atoms with Crippen LogP contribution in [-0.4, -0.2) is 11.5 Å². The van der Waals surface area contributed by atoms with E-state index in [-0.39, 0.29) is 0 Å². The third-order valence-corrected chi connectivity index (χ3v) is 7.69. The molecular weight excluding hydrogens is 560 g/mol. The van der Waals surface area contributed by atoms with Crippen molar-refractivity contribution in [3.8, 4) is 0 Å². The van der Waals surface area contributed by atoms with Crippen LogP contribution in [0.1, 0.15) is 25.0 Å². The van der Waals surface area contributed by atoms with Gasteiger partial charge in [-0.15, -0.1) is 0 Å². The van der Waals surface area contributed by atoms with Gasteiger partial charge in [0.1, 0.15) is 5.84 Å². The molecule has 0 N–H and O–H groups in total. The molecule has 0 amide bonds. The van der Waals surface area contributed by atoms with Crippen molar-refractivity contribution in [3.05, 3.63) is 188 Å². The molecule has 4 nitrogen and oxygen atoms in total. The summed E-state index contributed by atoms with van der Waals surface area (Å²) in [4.78, 5) is 14.0. The van der Waals surface area contributed by atoms with Crippen molar-refractivity contribution in [2.24, 2.45) is 9.98 Å². The summed E-state index contributed by atoms with van der Waals surface area (Å²) in [7, 11) is 0. The Balaban J connectivity index is 1.19. The predicted octanol–water partition coefficient (Wildman–Crippen LogP) is 11.5. The maximum atomic E-state index is 4.81. The fraction of sp³-hybridized carbons (Fsp3) is 0.0476. The normalized spacial score (nSPS) is 11.6. The number of hydrogen-bond acceptors (Lipinski definition) is 3. The number of anilines is 6. The smallest absolute Gasteiger partial charge is 0.126 e. The molecule has 0 heterocycles. The highest BCUT2D eigenvalue weighted by Crippen LogP contribution is 2.35. The molecule has 224 valence electrons. The van der Waals surface area contributed by atoms with Gasteiger partial charge >= 0.3 is 0 Å². The van der Waals surface area contributed by atoms with E-state index in [0.717, 1.165) is 51.0 Å². The number of amidine groups is 1. The maximum absolute atomic E-state index is 4.81. The molecule has 0 atom stereocenters. The second-order valence-electron chi connectivity index (χ2n) is 10.9. The number of hydrogen-bond donors (Lipinski definition) is 0. The molecule has 0 unspecified atom stereocenters. The minimum atomic E-state index is 0.654. The topological polar surface area (TPSA) is 31.2 Å². The first-order valence-corrected chi connectivity index (χ1v) is 15.4. The lowest BCUT2D eigenvalue weighted by atomic mass is 10.1. The number of aliphatic imine (C=N–C) groups is 2. The first-order chi connectivity index (χ1) is 22.6. The molecule has 0 spiro atoms. The number of para-hydroxylation sites is 4. The minimum Gasteiger partial charge on any atom is -0.311 e. The van der Waals surface area contributed by atoms with Gasteiger partial charge in [-0.05, 0) is 97.8 Å². The van der Waals surface area contributed by atoms with Crippen molar-refractivity contribution in [2.75, 3.05) is 9.80 Å². The standard InChI is InChI=1S/C42H36N4/c1-32(35-24-28-41(29-25-35)45(37-16-8-4-9-17-37)38-18-10-5-11-19-38)43-34(3)44-33(2)36-26-30-42(31-27-36)46(39-20-12-6-13-21-39)40-22-14-7-15-23-40/h4-31H,1H2,2-3H3/b43-34+,44-33+. The highest BCUT2D eigenvalue weighted by Gasteiger charge is 2.13. The summed E-state index contributed by atoms with van der Waals surface area (Å²) in [5.41, 5.74) is 10.1. The zero-order valence-corrected chi connectivity index (χ0v) is 26.2. The summed E-state index contributed by atoms with van der Waals surface area (Å²) >= 11 is 0. The van der Waals surface area contributed by atoms with Crippen molar-refractivity contribution in [1.29, 1.82) is 0 Å². The van der Waals surface area contributed by atoms with Gasteiger partial charge in [0.05, 0.1) is 5.70 Å². The van der Waals surface area contributed by atoms with Gasteiger partial charge in [-0.2, -0.15) is 0 Å². The van der Waals surface area contributed by atoms with E-state index in [2.05, 4.69) is 162 Å². The summed E-state index contributed by atoms with van der Waals surface area (Å²) in [6, 6.07) is 58.4. The van der Waals surface area contributed by atoms with Crippen LogP contribution in [0, 0.1) is 0 Å². The maximum Gasteiger partial charge on any atom is 0.126 e. The van der Waals surface area contributed by atoms with Crippen LogP contribution in [0.3, 0.4) is 0 Å². The quantitative estimate of drug-likeness (QED) is 0.123. The van der Waals surface area contributed by atoms with E-state index < -0.39 is 0 Å². The van der Waals surface area contributed by atoms with Gasteiger partial charge in [0.2, 0.25) is 0 Å². The second kappa shape index (κ2) is 14.2. The molecule has 0 saturated carbocycles. The van der Waals surface area contributed by atoms with E-state index in [4.69, 9.17) is 9.98 Å². The fourth-order valence-corrected chi connectivity index (χ4v) is 5.45. The Morgan fingerprint density at radius 1 is 0.391 bits per heavy atom. The Morgan fingerprint density at radius 3 is 1.04 bits per heavy atom. The first kappa shape index (κ1) is 30.0. The summed E-state index contributed by atoms with van der Waals surface area (Å²) in [6.45, 7) is 8.18. The summed E-state index contributed by atoms with van der Waals surface area (Å²) in [6.07, 6.45) is 0. The third-order valence-electron chi connectivity index (χ3n) is 7.69. The van der Waals surface area contributed by atoms with Gasteiger partial charge < -0.3 is 9.80 Å². The Bertz CT molecular complexity index is 1850. The molecule has 0 radical (unpaired) electrons. The lowest BCUT2D eigenvalue weighted by Gasteiger charge is -2.25. The van der Waals surface area contributed by atoms with Crippen LogP contribution in [0.4, 0.5) is 34.1 Å². The predicted molar refractivity (Wildman–Crippen MR) is 197 cm³/mol. The molecule has 0 fully saturated rings. The third kappa shape index (κ3) is 7.03. The molecule has 0 aliphatic rings. The van der Waals surface area contributed by atoms with Crippen LogP contribution >= 0.6 is 0 Å². The average molecular weight is 597 g/mol. The SMILES string of the molecule is C=C(/N=C(C)/N=C(\C)c1ccc(N(c2ccccc2)c2ccccc2)cc1)c1ccc(N(c2ccccc2)c2ccccc2)cc1. The van der Waals surface area contributed by atoms with Gasteiger partial charge in [0, 0.05) is 39.8 Å². The summed E-state index contributed by atoms with van der Waals surface area (Å²) < 4.78 is 0. The van der Waals surface area contributed by atoms with Crippen LogP contribution in [0.5, 0.6) is 0 Å². The van der Waals surface area contributed by atoms with Crippen LogP contribution in [-0.2, 0) is 0 Å². The van der Waals surface area contributed by atoms with E-state index in [0.29, 0.717) is 11.5 Å². The van der Waals surface area contributed by atoms with Crippen molar-refractivity contribution in [3.63, 3.8) is 0 Å². The molecule has 4 heteroatoms. The summed E-state index contributed by atoms with van der Waals surface area (Å²) in [5.74, 6) is 0.654. The fourth-order valence-electron chi connectivity index (χ4n) is 5.45. The average Bonchev–Trinajstić information content (AvgIpc) is 3.11. The zero-order chi connectivity index (χ0) is 31.7. The second-order valence-corrected chi connectivity index (χ2v) is 10.9. The van der Waals surface area contributed by atoms with Crippen LogP contribution in [0.25, 0.3) is 5.70 Å².